The highest BCUT2D eigenvalue weighted by Crippen LogP contribution is 2.25. The van der Waals surface area contributed by atoms with Gasteiger partial charge in [0.2, 0.25) is 5.95 Å². The first-order valence-corrected chi connectivity index (χ1v) is 6.39. The molecule has 0 aliphatic heterocycles. The minimum atomic E-state index is -0.439. The molecule has 2 rings (SSSR count). The number of carbonyl (C=O) groups is 1. The minimum absolute atomic E-state index is 0.00131. The average molecular weight is 305 g/mol. The number of hydrogen-bond acceptors (Lipinski definition) is 8. The van der Waals surface area contributed by atoms with Crippen molar-refractivity contribution in [2.75, 3.05) is 12.3 Å². The van der Waals surface area contributed by atoms with E-state index in [1.54, 1.807) is 12.1 Å². The second-order valence-corrected chi connectivity index (χ2v) is 4.15. The zero-order valence-corrected chi connectivity index (χ0v) is 11.8. The molecule has 2 aromatic rings. The molecule has 0 fully saturated rings. The predicted molar refractivity (Wildman–Crippen MR) is 77.2 cm³/mol. The van der Waals surface area contributed by atoms with E-state index in [9.17, 15) is 9.90 Å². The lowest BCUT2D eigenvalue weighted by Crippen LogP contribution is -2.24. The number of anilines is 1. The number of amides is 1. The Morgan fingerprint density at radius 1 is 1.59 bits per heavy atom. The number of rotatable bonds is 6. The van der Waals surface area contributed by atoms with E-state index in [0.717, 1.165) is 4.68 Å². The molecular weight excluding hydrogens is 290 g/mol. The molecule has 10 nitrogen and oxygen atoms in total. The van der Waals surface area contributed by atoms with Gasteiger partial charge in [-0.25, -0.2) is 10.1 Å². The second-order valence-electron chi connectivity index (χ2n) is 4.15. The van der Waals surface area contributed by atoms with Crippen LogP contribution in [0.15, 0.2) is 23.3 Å². The fraction of sp³-hybridized carbons (Fsp3) is 0.250. The van der Waals surface area contributed by atoms with Crippen LogP contribution >= 0.6 is 0 Å². The standard InChI is InChI=1S/C12H15N7O3/c1-2-22-10-4-3-8(5-9(10)20)6-14-15-11(21)7-19-12(13)16-17-18-19/h3-6,20H,2,7H2,1H3,(H,15,21)(H2,13,16,18)/b14-6+. The van der Waals surface area contributed by atoms with Crippen LogP contribution in [-0.2, 0) is 11.3 Å². The Balaban J connectivity index is 1.90. The summed E-state index contributed by atoms with van der Waals surface area (Å²) in [6, 6.07) is 4.78. The van der Waals surface area contributed by atoms with Gasteiger partial charge in [0, 0.05) is 0 Å². The first-order valence-electron chi connectivity index (χ1n) is 6.39. The van der Waals surface area contributed by atoms with Crippen molar-refractivity contribution >= 4 is 18.1 Å². The number of ether oxygens (including phenoxy) is 1. The monoisotopic (exact) mass is 305 g/mol. The maximum Gasteiger partial charge on any atom is 0.261 e. The summed E-state index contributed by atoms with van der Waals surface area (Å²) >= 11 is 0. The molecule has 10 heteroatoms. The highest BCUT2D eigenvalue weighted by molar-refractivity contribution is 5.83. The number of nitrogens with zero attached hydrogens (tertiary/aromatic N) is 5. The topological polar surface area (TPSA) is 141 Å². The van der Waals surface area contributed by atoms with E-state index in [0.29, 0.717) is 17.9 Å². The van der Waals surface area contributed by atoms with Crippen molar-refractivity contribution in [3.8, 4) is 11.5 Å². The van der Waals surface area contributed by atoms with Gasteiger partial charge in [0.05, 0.1) is 12.8 Å². The number of aromatic hydroxyl groups is 1. The Morgan fingerprint density at radius 3 is 3.05 bits per heavy atom. The van der Waals surface area contributed by atoms with Crippen molar-refractivity contribution < 1.29 is 14.6 Å². The Hall–Kier alpha value is -3.17. The van der Waals surface area contributed by atoms with Gasteiger partial charge in [-0.3, -0.25) is 4.79 Å². The lowest BCUT2D eigenvalue weighted by molar-refractivity contribution is -0.121. The lowest BCUT2D eigenvalue weighted by Gasteiger charge is -2.05. The van der Waals surface area contributed by atoms with E-state index >= 15 is 0 Å². The van der Waals surface area contributed by atoms with Crippen LogP contribution in [-0.4, -0.2) is 44.0 Å². The molecule has 0 aliphatic rings. The normalized spacial score (nSPS) is 10.8. The van der Waals surface area contributed by atoms with Crippen LogP contribution in [0.4, 0.5) is 5.95 Å². The van der Waals surface area contributed by atoms with E-state index in [4.69, 9.17) is 10.5 Å². The SMILES string of the molecule is CCOc1ccc(/C=N/NC(=O)Cn2nnnc2N)cc1O. The van der Waals surface area contributed by atoms with Gasteiger partial charge in [-0.2, -0.15) is 5.10 Å². The van der Waals surface area contributed by atoms with Gasteiger partial charge in [0.25, 0.3) is 5.91 Å². The molecule has 0 aliphatic carbocycles. The van der Waals surface area contributed by atoms with Gasteiger partial charge >= 0.3 is 0 Å². The number of tetrazole rings is 1. The summed E-state index contributed by atoms with van der Waals surface area (Å²) < 4.78 is 6.34. The third-order valence-corrected chi connectivity index (χ3v) is 2.54. The number of nitrogens with two attached hydrogens (primary N) is 1. The van der Waals surface area contributed by atoms with Gasteiger partial charge in [-0.1, -0.05) is 5.10 Å². The van der Waals surface area contributed by atoms with Gasteiger partial charge in [0.15, 0.2) is 11.5 Å². The maximum absolute atomic E-state index is 11.6. The lowest BCUT2D eigenvalue weighted by atomic mass is 10.2. The molecule has 22 heavy (non-hydrogen) atoms. The molecule has 0 spiro atoms. The van der Waals surface area contributed by atoms with E-state index in [1.807, 2.05) is 6.92 Å². The van der Waals surface area contributed by atoms with Crippen molar-refractivity contribution in [3.63, 3.8) is 0 Å². The first-order chi connectivity index (χ1) is 10.6. The van der Waals surface area contributed by atoms with Crippen LogP contribution < -0.4 is 15.9 Å². The second kappa shape index (κ2) is 7.02. The molecule has 0 saturated carbocycles. The summed E-state index contributed by atoms with van der Waals surface area (Å²) in [6.07, 6.45) is 1.39. The Kier molecular flexibility index (Phi) is 4.85. The summed E-state index contributed by atoms with van der Waals surface area (Å²) in [5.74, 6) is -0.0163. The molecule has 1 aromatic carbocycles. The quantitative estimate of drug-likeness (QED) is 0.483. The van der Waals surface area contributed by atoms with Crippen molar-refractivity contribution in [2.45, 2.75) is 13.5 Å². The van der Waals surface area contributed by atoms with E-state index in [1.165, 1.54) is 12.3 Å². The number of phenolic OH excluding ortho intramolecular Hbond substituents is 1. The largest absolute Gasteiger partial charge is 0.504 e. The van der Waals surface area contributed by atoms with Crippen molar-refractivity contribution in [2.24, 2.45) is 5.10 Å². The number of hydrogen-bond donors (Lipinski definition) is 3. The zero-order valence-electron chi connectivity index (χ0n) is 11.8. The smallest absolute Gasteiger partial charge is 0.261 e. The van der Waals surface area contributed by atoms with E-state index < -0.39 is 5.91 Å². The molecule has 4 N–H and O–H groups in total. The van der Waals surface area contributed by atoms with Crippen LogP contribution in [0.3, 0.4) is 0 Å². The number of benzene rings is 1. The molecule has 1 amide bonds. The van der Waals surface area contributed by atoms with E-state index in [2.05, 4.69) is 26.1 Å². The number of carbonyl (C=O) groups excluding carboxylic acids is 1. The Morgan fingerprint density at radius 2 is 2.41 bits per heavy atom. The summed E-state index contributed by atoms with van der Waals surface area (Å²) in [5, 5.41) is 23.8. The van der Waals surface area contributed by atoms with Crippen LogP contribution in [0.1, 0.15) is 12.5 Å². The maximum atomic E-state index is 11.6. The van der Waals surface area contributed by atoms with Crippen LogP contribution in [0.25, 0.3) is 0 Å². The van der Waals surface area contributed by atoms with E-state index in [-0.39, 0.29) is 18.2 Å². The zero-order chi connectivity index (χ0) is 15.9. The molecular formula is C12H15N7O3. The van der Waals surface area contributed by atoms with Gasteiger partial charge in [-0.05, 0) is 41.1 Å². The third-order valence-electron chi connectivity index (χ3n) is 2.54. The van der Waals surface area contributed by atoms with Crippen LogP contribution in [0, 0.1) is 0 Å². The van der Waals surface area contributed by atoms with Crippen LogP contribution in [0.2, 0.25) is 0 Å². The molecule has 0 saturated heterocycles. The fourth-order valence-corrected chi connectivity index (χ4v) is 1.57. The fourth-order valence-electron chi connectivity index (χ4n) is 1.57. The summed E-state index contributed by atoms with van der Waals surface area (Å²) in [7, 11) is 0. The number of aromatic nitrogens is 4. The molecule has 0 unspecified atom stereocenters. The third kappa shape index (κ3) is 3.91. The molecule has 116 valence electrons. The van der Waals surface area contributed by atoms with Gasteiger partial charge < -0.3 is 15.6 Å². The minimum Gasteiger partial charge on any atom is -0.504 e. The van der Waals surface area contributed by atoms with Crippen molar-refractivity contribution in [3.05, 3.63) is 23.8 Å². The van der Waals surface area contributed by atoms with Crippen LogP contribution in [0.5, 0.6) is 11.5 Å². The van der Waals surface area contributed by atoms with Gasteiger partial charge in [-0.15, -0.1) is 0 Å². The molecule has 0 bridgehead atoms. The molecule has 1 heterocycles. The van der Waals surface area contributed by atoms with Crippen molar-refractivity contribution in [1.82, 2.24) is 25.6 Å². The average Bonchev–Trinajstić information content (AvgIpc) is 2.87. The summed E-state index contributed by atoms with van der Waals surface area (Å²) in [6.45, 7) is 2.13. The molecule has 0 radical (unpaired) electrons. The number of hydrazone groups is 1. The number of phenols is 1. The van der Waals surface area contributed by atoms with Gasteiger partial charge in [0.1, 0.15) is 6.54 Å². The highest BCUT2D eigenvalue weighted by Gasteiger charge is 2.06. The first kappa shape index (κ1) is 15.2. The number of nitrogen functional groups attached to an aromatic ring is 1. The summed E-state index contributed by atoms with van der Waals surface area (Å²) in [5.41, 5.74) is 8.33. The molecule has 0 atom stereocenters. The highest BCUT2D eigenvalue weighted by atomic mass is 16.5. The summed E-state index contributed by atoms with van der Waals surface area (Å²) in [4.78, 5) is 11.6. The predicted octanol–water partition coefficient (Wildman–Crippen LogP) is -0.490. The van der Waals surface area contributed by atoms with Crippen molar-refractivity contribution in [1.29, 1.82) is 0 Å². The Labute approximate surface area is 125 Å². The number of nitrogens with one attached hydrogen (secondary N) is 1. The molecule has 1 aromatic heterocycles. The Bertz CT molecular complexity index is 683.